The Hall–Kier alpha value is -4.55. The first-order valence-corrected chi connectivity index (χ1v) is 13.1. The van der Waals surface area contributed by atoms with Crippen LogP contribution in [0.3, 0.4) is 0 Å². The van der Waals surface area contributed by atoms with Gasteiger partial charge in [0.1, 0.15) is 17.2 Å². The quantitative estimate of drug-likeness (QED) is 0.322. The van der Waals surface area contributed by atoms with Crippen molar-refractivity contribution in [2.75, 3.05) is 23.4 Å². The summed E-state index contributed by atoms with van der Waals surface area (Å²) in [5.41, 5.74) is 12.6. The maximum atomic E-state index is 13.1. The second kappa shape index (κ2) is 12.3. The van der Waals surface area contributed by atoms with Crippen molar-refractivity contribution in [2.24, 2.45) is 0 Å². The minimum atomic E-state index is -1.03. The molecule has 1 unspecified atom stereocenters. The van der Waals surface area contributed by atoms with Gasteiger partial charge in [-0.25, -0.2) is 14.8 Å². The second-order valence-electron chi connectivity index (χ2n) is 11.6. The summed E-state index contributed by atoms with van der Waals surface area (Å²) in [7, 11) is 1.86. The van der Waals surface area contributed by atoms with E-state index in [2.05, 4.69) is 25.3 Å². The van der Waals surface area contributed by atoms with Gasteiger partial charge in [0, 0.05) is 24.7 Å². The summed E-state index contributed by atoms with van der Waals surface area (Å²) >= 11 is 0. The van der Waals surface area contributed by atoms with E-state index in [1.165, 1.54) is 0 Å². The third-order valence-electron chi connectivity index (χ3n) is 5.52. The highest BCUT2D eigenvalue weighted by atomic mass is 16.6. The predicted octanol–water partition coefficient (Wildman–Crippen LogP) is 2.78. The SMILES string of the molecule is CN(Cc1cnc2nc(N)nc(N)c2n1)c1ccc(C(=O)NC(CCC(=O)OC(C)(C)C)C(=O)OC(C)(C)C)cc1. The molecule has 0 aliphatic carbocycles. The van der Waals surface area contributed by atoms with Crippen molar-refractivity contribution in [3.05, 3.63) is 41.7 Å². The van der Waals surface area contributed by atoms with E-state index in [4.69, 9.17) is 20.9 Å². The molecule has 3 aromatic rings. The van der Waals surface area contributed by atoms with E-state index in [9.17, 15) is 14.4 Å². The molecule has 41 heavy (non-hydrogen) atoms. The molecule has 2 heterocycles. The van der Waals surface area contributed by atoms with Gasteiger partial charge in [0.25, 0.3) is 5.91 Å². The molecule has 0 bridgehead atoms. The van der Waals surface area contributed by atoms with Crippen LogP contribution in [0, 0.1) is 0 Å². The number of nitrogens with zero attached hydrogens (tertiary/aromatic N) is 5. The van der Waals surface area contributed by atoms with E-state index in [-0.39, 0.29) is 24.6 Å². The first kappa shape index (κ1) is 31.0. The predicted molar refractivity (Wildman–Crippen MR) is 155 cm³/mol. The Morgan fingerprint density at radius 3 is 2.20 bits per heavy atom. The van der Waals surface area contributed by atoms with Crippen LogP contribution in [0.4, 0.5) is 17.5 Å². The lowest BCUT2D eigenvalue weighted by molar-refractivity contribution is -0.158. The van der Waals surface area contributed by atoms with Crippen LogP contribution in [-0.4, -0.2) is 62.1 Å². The number of rotatable bonds is 9. The second-order valence-corrected chi connectivity index (χ2v) is 11.6. The van der Waals surface area contributed by atoms with Crippen molar-refractivity contribution >= 4 is 46.5 Å². The molecule has 1 amide bonds. The molecular formula is C28H38N8O5. The average Bonchev–Trinajstić information content (AvgIpc) is 2.84. The van der Waals surface area contributed by atoms with E-state index in [0.29, 0.717) is 29.0 Å². The minimum Gasteiger partial charge on any atom is -0.460 e. The van der Waals surface area contributed by atoms with Crippen LogP contribution in [0.5, 0.6) is 0 Å². The van der Waals surface area contributed by atoms with Crippen LogP contribution in [0.2, 0.25) is 0 Å². The van der Waals surface area contributed by atoms with Gasteiger partial charge < -0.3 is 31.2 Å². The van der Waals surface area contributed by atoms with E-state index in [1.807, 2.05) is 11.9 Å². The van der Waals surface area contributed by atoms with Gasteiger partial charge in [0.15, 0.2) is 17.0 Å². The molecular weight excluding hydrogens is 528 g/mol. The zero-order valence-electron chi connectivity index (χ0n) is 24.5. The van der Waals surface area contributed by atoms with Crippen LogP contribution in [0.15, 0.2) is 30.5 Å². The molecule has 3 rings (SSSR count). The molecule has 1 aromatic carbocycles. The maximum Gasteiger partial charge on any atom is 0.329 e. The Balaban J connectivity index is 1.68. The molecule has 0 saturated carbocycles. The van der Waals surface area contributed by atoms with E-state index < -0.39 is 35.1 Å². The van der Waals surface area contributed by atoms with Crippen molar-refractivity contribution in [1.29, 1.82) is 0 Å². The number of nitrogen functional groups attached to an aromatic ring is 2. The van der Waals surface area contributed by atoms with Crippen LogP contribution in [-0.2, 0) is 25.6 Å². The number of hydrogen-bond donors (Lipinski definition) is 3. The summed E-state index contributed by atoms with van der Waals surface area (Å²) in [4.78, 5) is 56.8. The number of carbonyl (C=O) groups excluding carboxylic acids is 3. The average molecular weight is 567 g/mol. The maximum absolute atomic E-state index is 13.1. The Morgan fingerprint density at radius 1 is 0.951 bits per heavy atom. The highest BCUT2D eigenvalue weighted by Crippen LogP contribution is 2.19. The Bertz CT molecular complexity index is 1410. The van der Waals surface area contributed by atoms with Gasteiger partial charge in [0.05, 0.1) is 18.4 Å². The van der Waals surface area contributed by atoms with Crippen LogP contribution in [0.25, 0.3) is 11.2 Å². The van der Waals surface area contributed by atoms with E-state index >= 15 is 0 Å². The van der Waals surface area contributed by atoms with E-state index in [1.54, 1.807) is 72.0 Å². The van der Waals surface area contributed by atoms with Crippen molar-refractivity contribution in [2.45, 2.75) is 78.2 Å². The first-order valence-electron chi connectivity index (χ1n) is 13.1. The molecule has 0 saturated heterocycles. The number of esters is 2. The molecule has 220 valence electrons. The number of carbonyl (C=O) groups is 3. The van der Waals surface area contributed by atoms with Crippen LogP contribution in [0.1, 0.15) is 70.4 Å². The topological polar surface area (TPSA) is 189 Å². The molecule has 0 spiro atoms. The normalized spacial score (nSPS) is 12.5. The third kappa shape index (κ3) is 9.26. The third-order valence-corrected chi connectivity index (χ3v) is 5.52. The minimum absolute atomic E-state index is 0.0266. The molecule has 13 heteroatoms. The molecule has 13 nitrogen and oxygen atoms in total. The lowest BCUT2D eigenvalue weighted by atomic mass is 10.1. The fraction of sp³-hybridized carbons (Fsp3) is 0.464. The number of fused-ring (bicyclic) bond motifs is 1. The number of benzene rings is 1. The van der Waals surface area contributed by atoms with Crippen LogP contribution >= 0.6 is 0 Å². The van der Waals surface area contributed by atoms with Crippen molar-refractivity contribution < 1.29 is 23.9 Å². The monoisotopic (exact) mass is 566 g/mol. The zero-order chi connectivity index (χ0) is 30.5. The van der Waals surface area contributed by atoms with Crippen molar-refractivity contribution in [1.82, 2.24) is 25.3 Å². The van der Waals surface area contributed by atoms with E-state index in [0.717, 1.165) is 5.69 Å². The molecule has 0 aliphatic heterocycles. The Labute approximate surface area is 239 Å². The standard InChI is InChI=1S/C28H38N8O5/c1-27(2,3)40-20(37)13-12-19(25(39)41-28(4,5)6)33-24(38)16-8-10-18(11-9-16)36(7)15-17-14-31-23-21(32-17)22(29)34-26(30)35-23/h8-11,14,19H,12-13,15H2,1-7H3,(H,33,38)(H4,29,30,31,34,35). The molecule has 0 radical (unpaired) electrons. The van der Waals surface area contributed by atoms with Gasteiger partial charge >= 0.3 is 11.9 Å². The number of anilines is 3. The molecule has 2 aromatic heterocycles. The number of ether oxygens (including phenoxy) is 2. The summed E-state index contributed by atoms with van der Waals surface area (Å²) in [6.45, 7) is 10.9. The van der Waals surface area contributed by atoms with Gasteiger partial charge in [-0.3, -0.25) is 9.59 Å². The lowest BCUT2D eigenvalue weighted by Gasteiger charge is -2.25. The number of hydrogen-bond acceptors (Lipinski definition) is 12. The lowest BCUT2D eigenvalue weighted by Crippen LogP contribution is -2.44. The zero-order valence-corrected chi connectivity index (χ0v) is 24.5. The molecule has 0 aliphatic rings. The van der Waals surface area contributed by atoms with Crippen molar-refractivity contribution in [3.63, 3.8) is 0 Å². The number of nitrogens with two attached hydrogens (primary N) is 2. The Morgan fingerprint density at radius 2 is 1.59 bits per heavy atom. The van der Waals surface area contributed by atoms with Gasteiger partial charge in [0.2, 0.25) is 5.95 Å². The summed E-state index contributed by atoms with van der Waals surface area (Å²) in [6, 6.07) is 5.79. The summed E-state index contributed by atoms with van der Waals surface area (Å²) in [6.07, 6.45) is 1.56. The van der Waals surface area contributed by atoms with Crippen LogP contribution < -0.4 is 21.7 Å². The highest BCUT2D eigenvalue weighted by Gasteiger charge is 2.28. The fourth-order valence-electron chi connectivity index (χ4n) is 3.78. The summed E-state index contributed by atoms with van der Waals surface area (Å²) < 4.78 is 10.8. The highest BCUT2D eigenvalue weighted by molar-refractivity contribution is 5.97. The molecule has 1 atom stereocenters. The number of amides is 1. The first-order chi connectivity index (χ1) is 19.0. The van der Waals surface area contributed by atoms with Gasteiger partial charge in [-0.1, -0.05) is 0 Å². The summed E-state index contributed by atoms with van der Waals surface area (Å²) in [5, 5.41) is 2.70. The largest absolute Gasteiger partial charge is 0.460 e. The summed E-state index contributed by atoms with van der Waals surface area (Å²) in [5.74, 6) is -1.40. The van der Waals surface area contributed by atoms with Gasteiger partial charge in [-0.05, 0) is 72.2 Å². The molecule has 0 fully saturated rings. The Kier molecular flexibility index (Phi) is 9.31. The number of nitrogens with one attached hydrogen (secondary N) is 1. The van der Waals surface area contributed by atoms with Crippen molar-refractivity contribution in [3.8, 4) is 0 Å². The van der Waals surface area contributed by atoms with Gasteiger partial charge in [-0.15, -0.1) is 0 Å². The smallest absolute Gasteiger partial charge is 0.329 e. The molecule has 5 N–H and O–H groups in total. The van der Waals surface area contributed by atoms with Gasteiger partial charge in [-0.2, -0.15) is 9.97 Å². The number of aromatic nitrogens is 4. The fourth-order valence-corrected chi connectivity index (χ4v) is 3.78.